The summed E-state index contributed by atoms with van der Waals surface area (Å²) in [5.41, 5.74) is 8.75. The molecule has 8 atom stereocenters. The van der Waals surface area contributed by atoms with E-state index in [0.29, 0.717) is 29.2 Å². The third-order valence-corrected chi connectivity index (χ3v) is 7.89. The molecule has 0 saturated carbocycles. The summed E-state index contributed by atoms with van der Waals surface area (Å²) >= 11 is 6.46. The topological polar surface area (TPSA) is 114 Å². The van der Waals surface area contributed by atoms with Crippen LogP contribution in [0.4, 0.5) is 8.78 Å². The lowest BCUT2D eigenvalue weighted by Crippen LogP contribution is -2.53. The van der Waals surface area contributed by atoms with Gasteiger partial charge in [-0.05, 0) is 66.4 Å². The highest BCUT2D eigenvalue weighted by atomic mass is 35.5. The van der Waals surface area contributed by atoms with Gasteiger partial charge >= 0.3 is 0 Å². The molecular formula is C30H32ClF2NO6. The van der Waals surface area contributed by atoms with Gasteiger partial charge in [0.2, 0.25) is 0 Å². The van der Waals surface area contributed by atoms with Crippen molar-refractivity contribution in [1.82, 2.24) is 0 Å². The molecule has 0 amide bonds. The highest BCUT2D eigenvalue weighted by molar-refractivity contribution is 6.31. The summed E-state index contributed by atoms with van der Waals surface area (Å²) in [7, 11) is 0. The van der Waals surface area contributed by atoms with Crippen molar-refractivity contribution in [3.05, 3.63) is 99.6 Å². The number of rotatable bonds is 6. The van der Waals surface area contributed by atoms with Crippen molar-refractivity contribution < 1.29 is 38.3 Å². The van der Waals surface area contributed by atoms with E-state index in [9.17, 15) is 24.1 Å². The fraction of sp³-hybridized carbons (Fsp3) is 0.400. The average Bonchev–Trinajstić information content (AvgIpc) is 2.93. The number of hydrogen-bond donors (Lipinski definition) is 4. The third-order valence-electron chi connectivity index (χ3n) is 7.52. The first-order valence-electron chi connectivity index (χ1n) is 13.2. The SMILES string of the molecule is C[C@H]1O[C@@H](c2ccc(Cl)c(Cc3ccc(O[C@H]4CO[C@H](c5cc(F)ccc5F)[C@@H](N)C4)cc3)c2)[C@H](O)[C@@H](O)[C@@H]1O. The molecule has 2 heterocycles. The van der Waals surface area contributed by atoms with Crippen molar-refractivity contribution in [2.45, 2.75) is 68.5 Å². The van der Waals surface area contributed by atoms with Crippen LogP contribution in [0.1, 0.15) is 47.8 Å². The standard InChI is InChI=1S/C30H32ClF2NO6/c1-15-26(35)27(36)28(37)29(39-15)17-4-8-23(31)18(11-17)10-16-2-6-20(7-3-16)40-21-13-25(34)30(38-14-21)22-12-19(32)5-9-24(22)33/h2-9,11-12,15,21,25-30,35-37H,10,13-14,34H2,1H3/t15-,21-,25+,26-,27+,28-,29+,30-/m1/s1. The second kappa shape index (κ2) is 12.1. The molecule has 3 aromatic rings. The van der Waals surface area contributed by atoms with Crippen molar-refractivity contribution in [2.75, 3.05) is 6.61 Å². The number of halogens is 3. The first-order chi connectivity index (χ1) is 19.1. The zero-order chi connectivity index (χ0) is 28.6. The summed E-state index contributed by atoms with van der Waals surface area (Å²) in [5, 5.41) is 31.2. The molecule has 0 bridgehead atoms. The lowest BCUT2D eigenvalue weighted by molar-refractivity contribution is -0.219. The lowest BCUT2D eigenvalue weighted by Gasteiger charge is -2.39. The van der Waals surface area contributed by atoms with E-state index < -0.39 is 54.3 Å². The smallest absolute Gasteiger partial charge is 0.129 e. The van der Waals surface area contributed by atoms with E-state index in [-0.39, 0.29) is 18.3 Å². The quantitative estimate of drug-likeness (QED) is 0.351. The van der Waals surface area contributed by atoms with Crippen LogP contribution in [0.2, 0.25) is 5.02 Å². The van der Waals surface area contributed by atoms with Crippen LogP contribution in [0.5, 0.6) is 5.75 Å². The van der Waals surface area contributed by atoms with E-state index in [1.807, 2.05) is 30.3 Å². The van der Waals surface area contributed by atoms with Gasteiger partial charge in [-0.25, -0.2) is 8.78 Å². The summed E-state index contributed by atoms with van der Waals surface area (Å²) < 4.78 is 45.4. The van der Waals surface area contributed by atoms with Crippen LogP contribution in [0.25, 0.3) is 0 Å². The summed E-state index contributed by atoms with van der Waals surface area (Å²) in [4.78, 5) is 0. The Balaban J connectivity index is 1.21. The predicted octanol–water partition coefficient (Wildman–Crippen LogP) is 3.99. The Morgan fingerprint density at radius 1 is 0.950 bits per heavy atom. The van der Waals surface area contributed by atoms with Gasteiger partial charge in [-0.2, -0.15) is 0 Å². The van der Waals surface area contributed by atoms with Crippen molar-refractivity contribution in [3.63, 3.8) is 0 Å². The molecule has 7 nitrogen and oxygen atoms in total. The molecule has 10 heteroatoms. The van der Waals surface area contributed by atoms with Gasteiger partial charge < -0.3 is 35.3 Å². The van der Waals surface area contributed by atoms with E-state index in [1.54, 1.807) is 19.1 Å². The molecule has 3 aromatic carbocycles. The van der Waals surface area contributed by atoms with Crippen LogP contribution in [0.3, 0.4) is 0 Å². The first-order valence-corrected chi connectivity index (χ1v) is 13.5. The average molecular weight is 576 g/mol. The number of hydrogen-bond acceptors (Lipinski definition) is 7. The van der Waals surface area contributed by atoms with Gasteiger partial charge in [0.25, 0.3) is 0 Å². The Morgan fingerprint density at radius 3 is 2.42 bits per heavy atom. The number of aliphatic hydroxyl groups is 3. The number of ether oxygens (including phenoxy) is 3. The Bertz CT molecular complexity index is 1330. The van der Waals surface area contributed by atoms with E-state index in [0.717, 1.165) is 29.3 Å². The Labute approximate surface area is 236 Å². The molecule has 0 aliphatic carbocycles. The number of aliphatic hydroxyl groups excluding tert-OH is 3. The van der Waals surface area contributed by atoms with Gasteiger partial charge in [-0.1, -0.05) is 35.9 Å². The maximum absolute atomic E-state index is 14.2. The molecule has 214 valence electrons. The summed E-state index contributed by atoms with van der Waals surface area (Å²) in [6.45, 7) is 1.82. The van der Waals surface area contributed by atoms with Crippen LogP contribution >= 0.6 is 11.6 Å². The maximum Gasteiger partial charge on any atom is 0.129 e. The predicted molar refractivity (Wildman–Crippen MR) is 144 cm³/mol. The Kier molecular flexibility index (Phi) is 8.72. The van der Waals surface area contributed by atoms with Gasteiger partial charge in [-0.15, -0.1) is 0 Å². The molecule has 0 radical (unpaired) electrons. The number of nitrogens with two attached hydrogens (primary N) is 1. The van der Waals surface area contributed by atoms with E-state index in [1.165, 1.54) is 0 Å². The van der Waals surface area contributed by atoms with Crippen LogP contribution in [0.15, 0.2) is 60.7 Å². The summed E-state index contributed by atoms with van der Waals surface area (Å²) in [5.74, 6) is -0.497. The van der Waals surface area contributed by atoms with Crippen molar-refractivity contribution in [2.24, 2.45) is 5.73 Å². The van der Waals surface area contributed by atoms with Crippen LogP contribution in [-0.4, -0.2) is 58.5 Å². The minimum Gasteiger partial charge on any atom is -0.488 e. The van der Waals surface area contributed by atoms with Gasteiger partial charge in [0.05, 0.1) is 12.7 Å². The minimum absolute atomic E-state index is 0.103. The van der Waals surface area contributed by atoms with E-state index in [4.69, 9.17) is 31.5 Å². The molecule has 2 aliphatic heterocycles. The highest BCUT2D eigenvalue weighted by Gasteiger charge is 2.42. The Morgan fingerprint density at radius 2 is 1.70 bits per heavy atom. The van der Waals surface area contributed by atoms with Crippen LogP contribution in [-0.2, 0) is 15.9 Å². The van der Waals surface area contributed by atoms with Crippen molar-refractivity contribution >= 4 is 11.6 Å². The van der Waals surface area contributed by atoms with Gasteiger partial charge in [0.15, 0.2) is 0 Å². The molecule has 5 rings (SSSR count). The maximum atomic E-state index is 14.2. The second-order valence-corrected chi connectivity index (χ2v) is 10.9. The minimum atomic E-state index is -1.32. The van der Waals surface area contributed by atoms with Crippen LogP contribution in [0, 0.1) is 11.6 Å². The molecule has 2 aliphatic rings. The van der Waals surface area contributed by atoms with E-state index in [2.05, 4.69) is 0 Å². The van der Waals surface area contributed by atoms with Gasteiger partial charge in [0.1, 0.15) is 54.0 Å². The first kappa shape index (κ1) is 28.9. The fourth-order valence-electron chi connectivity index (χ4n) is 5.30. The molecule has 0 unspecified atom stereocenters. The van der Waals surface area contributed by atoms with Crippen molar-refractivity contribution in [3.8, 4) is 5.75 Å². The van der Waals surface area contributed by atoms with Gasteiger partial charge in [0, 0.05) is 23.0 Å². The molecule has 2 fully saturated rings. The number of benzene rings is 3. The fourth-order valence-corrected chi connectivity index (χ4v) is 5.48. The molecule has 40 heavy (non-hydrogen) atoms. The molecule has 0 spiro atoms. The summed E-state index contributed by atoms with van der Waals surface area (Å²) in [6, 6.07) is 15.4. The second-order valence-electron chi connectivity index (χ2n) is 10.5. The van der Waals surface area contributed by atoms with Crippen molar-refractivity contribution in [1.29, 1.82) is 0 Å². The molecule has 5 N–H and O–H groups in total. The van der Waals surface area contributed by atoms with Crippen LogP contribution < -0.4 is 10.5 Å². The summed E-state index contributed by atoms with van der Waals surface area (Å²) in [6.07, 6.45) is -5.43. The normalized spacial score (nSPS) is 30.7. The highest BCUT2D eigenvalue weighted by Crippen LogP contribution is 2.35. The molecular weight excluding hydrogens is 544 g/mol. The third kappa shape index (κ3) is 6.16. The lowest BCUT2D eigenvalue weighted by atomic mass is 9.90. The van der Waals surface area contributed by atoms with Gasteiger partial charge in [-0.3, -0.25) is 0 Å². The monoisotopic (exact) mass is 575 g/mol. The molecule has 2 saturated heterocycles. The van der Waals surface area contributed by atoms with E-state index >= 15 is 0 Å². The zero-order valence-electron chi connectivity index (χ0n) is 21.8. The molecule has 0 aromatic heterocycles. The largest absolute Gasteiger partial charge is 0.488 e. The zero-order valence-corrected chi connectivity index (χ0v) is 22.5. The Hall–Kier alpha value is -2.63.